The van der Waals surface area contributed by atoms with Gasteiger partial charge in [-0.2, -0.15) is 0 Å². The summed E-state index contributed by atoms with van der Waals surface area (Å²) in [6, 6.07) is 1.98. The van der Waals surface area contributed by atoms with Crippen molar-refractivity contribution < 1.29 is 4.74 Å². The van der Waals surface area contributed by atoms with Gasteiger partial charge >= 0.3 is 0 Å². The molecule has 0 saturated carbocycles. The average molecular weight is 208 g/mol. The van der Waals surface area contributed by atoms with Gasteiger partial charge in [0.05, 0.1) is 24.2 Å². The smallest absolute Gasteiger partial charge is 0.140 e. The highest BCUT2D eigenvalue weighted by Crippen LogP contribution is 2.18. The average Bonchev–Trinajstić information content (AvgIpc) is 2.18. The Kier molecular flexibility index (Phi) is 4.40. The standard InChI is InChI=1S/C12H20N2O/c1-5-14-11-6-12(8-13-7-11)15-10(4)9(2)3/h6-10,14H,5H2,1-4H3. The first kappa shape index (κ1) is 11.8. The van der Waals surface area contributed by atoms with E-state index in [1.165, 1.54) is 0 Å². The molecule has 0 amide bonds. The summed E-state index contributed by atoms with van der Waals surface area (Å²) in [7, 11) is 0. The number of anilines is 1. The summed E-state index contributed by atoms with van der Waals surface area (Å²) in [6.07, 6.45) is 3.76. The van der Waals surface area contributed by atoms with Gasteiger partial charge in [-0.3, -0.25) is 4.98 Å². The molecule has 0 aromatic carbocycles. The maximum Gasteiger partial charge on any atom is 0.140 e. The van der Waals surface area contributed by atoms with Crippen molar-refractivity contribution in [3.8, 4) is 5.75 Å². The monoisotopic (exact) mass is 208 g/mol. The first-order chi connectivity index (χ1) is 7.13. The van der Waals surface area contributed by atoms with Gasteiger partial charge in [0.2, 0.25) is 0 Å². The second-order valence-electron chi connectivity index (χ2n) is 4.01. The molecule has 1 aromatic rings. The van der Waals surface area contributed by atoms with Gasteiger partial charge in [-0.15, -0.1) is 0 Å². The van der Waals surface area contributed by atoms with Crippen LogP contribution in [0.15, 0.2) is 18.5 Å². The highest BCUT2D eigenvalue weighted by molar-refractivity contribution is 5.44. The van der Waals surface area contributed by atoms with Crippen molar-refractivity contribution in [2.24, 2.45) is 5.92 Å². The fourth-order valence-corrected chi connectivity index (χ4v) is 1.13. The molecule has 1 rings (SSSR count). The van der Waals surface area contributed by atoms with Gasteiger partial charge in [0.1, 0.15) is 5.75 Å². The summed E-state index contributed by atoms with van der Waals surface area (Å²) in [4.78, 5) is 4.13. The zero-order chi connectivity index (χ0) is 11.3. The molecule has 0 bridgehead atoms. The van der Waals surface area contributed by atoms with E-state index in [2.05, 4.69) is 38.0 Å². The number of nitrogens with zero attached hydrogens (tertiary/aromatic N) is 1. The Morgan fingerprint density at radius 1 is 1.33 bits per heavy atom. The number of aromatic nitrogens is 1. The third-order valence-corrected chi connectivity index (χ3v) is 2.35. The molecular weight excluding hydrogens is 188 g/mol. The topological polar surface area (TPSA) is 34.2 Å². The summed E-state index contributed by atoms with van der Waals surface area (Å²) in [5.41, 5.74) is 1.01. The van der Waals surface area contributed by atoms with Crippen LogP contribution in [0.25, 0.3) is 0 Å². The second kappa shape index (κ2) is 5.59. The van der Waals surface area contributed by atoms with E-state index < -0.39 is 0 Å². The van der Waals surface area contributed by atoms with Crippen molar-refractivity contribution in [1.29, 1.82) is 0 Å². The Morgan fingerprint density at radius 3 is 2.67 bits per heavy atom. The van der Waals surface area contributed by atoms with Crippen molar-refractivity contribution in [2.75, 3.05) is 11.9 Å². The molecule has 0 saturated heterocycles. The summed E-state index contributed by atoms with van der Waals surface area (Å²) in [6.45, 7) is 9.32. The molecule has 15 heavy (non-hydrogen) atoms. The van der Waals surface area contributed by atoms with Crippen LogP contribution in [0.5, 0.6) is 5.75 Å². The minimum absolute atomic E-state index is 0.212. The number of nitrogens with one attached hydrogen (secondary N) is 1. The van der Waals surface area contributed by atoms with Crippen LogP contribution in [0, 0.1) is 5.92 Å². The molecule has 1 N–H and O–H groups in total. The molecule has 1 unspecified atom stereocenters. The quantitative estimate of drug-likeness (QED) is 0.807. The van der Waals surface area contributed by atoms with Crippen molar-refractivity contribution in [2.45, 2.75) is 33.8 Å². The minimum Gasteiger partial charge on any atom is -0.489 e. The molecule has 3 heteroatoms. The largest absolute Gasteiger partial charge is 0.489 e. The van der Waals surface area contributed by atoms with Gasteiger partial charge < -0.3 is 10.1 Å². The van der Waals surface area contributed by atoms with E-state index >= 15 is 0 Å². The summed E-state index contributed by atoms with van der Waals surface area (Å²) in [5, 5.41) is 3.21. The molecular formula is C12H20N2O. The van der Waals surface area contributed by atoms with Crippen LogP contribution in [-0.2, 0) is 0 Å². The molecule has 3 nitrogen and oxygen atoms in total. The molecule has 84 valence electrons. The molecule has 1 atom stereocenters. The third-order valence-electron chi connectivity index (χ3n) is 2.35. The van der Waals surface area contributed by atoms with Gasteiger partial charge in [-0.1, -0.05) is 13.8 Å². The van der Waals surface area contributed by atoms with E-state index in [-0.39, 0.29) is 6.10 Å². The fraction of sp³-hybridized carbons (Fsp3) is 0.583. The SMILES string of the molecule is CCNc1cncc(OC(C)C(C)C)c1. The lowest BCUT2D eigenvalue weighted by atomic mass is 10.1. The Morgan fingerprint density at radius 2 is 2.07 bits per heavy atom. The molecule has 0 aliphatic heterocycles. The molecule has 0 aliphatic rings. The van der Waals surface area contributed by atoms with Crippen molar-refractivity contribution in [3.05, 3.63) is 18.5 Å². The van der Waals surface area contributed by atoms with Crippen LogP contribution < -0.4 is 10.1 Å². The lowest BCUT2D eigenvalue weighted by Gasteiger charge is -2.18. The zero-order valence-corrected chi connectivity index (χ0v) is 9.95. The van der Waals surface area contributed by atoms with Crippen molar-refractivity contribution in [3.63, 3.8) is 0 Å². The number of hydrogen-bond acceptors (Lipinski definition) is 3. The summed E-state index contributed by atoms with van der Waals surface area (Å²) < 4.78 is 5.76. The van der Waals surface area contributed by atoms with E-state index in [4.69, 9.17) is 4.74 Å². The summed E-state index contributed by atoms with van der Waals surface area (Å²) in [5.74, 6) is 1.34. The van der Waals surface area contributed by atoms with Gasteiger partial charge in [0.15, 0.2) is 0 Å². The summed E-state index contributed by atoms with van der Waals surface area (Å²) >= 11 is 0. The molecule has 0 fully saturated rings. The highest BCUT2D eigenvalue weighted by atomic mass is 16.5. The van der Waals surface area contributed by atoms with E-state index in [1.54, 1.807) is 12.4 Å². The van der Waals surface area contributed by atoms with E-state index in [1.807, 2.05) is 6.07 Å². The lowest BCUT2D eigenvalue weighted by Crippen LogP contribution is -2.18. The van der Waals surface area contributed by atoms with E-state index in [0.717, 1.165) is 18.0 Å². The molecule has 0 aliphatic carbocycles. The Labute approximate surface area is 91.9 Å². The third kappa shape index (κ3) is 3.78. The van der Waals surface area contributed by atoms with Crippen LogP contribution in [0.3, 0.4) is 0 Å². The maximum absolute atomic E-state index is 5.76. The normalized spacial score (nSPS) is 12.6. The fourth-order valence-electron chi connectivity index (χ4n) is 1.13. The number of hydrogen-bond donors (Lipinski definition) is 1. The molecule has 0 spiro atoms. The minimum atomic E-state index is 0.212. The number of rotatable bonds is 5. The van der Waals surface area contributed by atoms with Crippen molar-refractivity contribution >= 4 is 5.69 Å². The zero-order valence-electron chi connectivity index (χ0n) is 9.95. The van der Waals surface area contributed by atoms with Crippen LogP contribution in [0.1, 0.15) is 27.7 Å². The van der Waals surface area contributed by atoms with Crippen LogP contribution in [0.4, 0.5) is 5.69 Å². The van der Waals surface area contributed by atoms with Crippen LogP contribution in [-0.4, -0.2) is 17.6 Å². The predicted octanol–water partition coefficient (Wildman–Crippen LogP) is 2.94. The number of pyridine rings is 1. The lowest BCUT2D eigenvalue weighted by molar-refractivity contribution is 0.170. The molecule has 0 radical (unpaired) electrons. The van der Waals surface area contributed by atoms with Crippen LogP contribution >= 0.6 is 0 Å². The predicted molar refractivity (Wildman–Crippen MR) is 63.3 cm³/mol. The van der Waals surface area contributed by atoms with E-state index in [9.17, 15) is 0 Å². The second-order valence-corrected chi connectivity index (χ2v) is 4.01. The highest BCUT2D eigenvalue weighted by Gasteiger charge is 2.08. The first-order valence-electron chi connectivity index (χ1n) is 5.49. The van der Waals surface area contributed by atoms with Gasteiger partial charge in [0.25, 0.3) is 0 Å². The van der Waals surface area contributed by atoms with Crippen molar-refractivity contribution in [1.82, 2.24) is 4.98 Å². The Bertz CT molecular complexity index is 299. The van der Waals surface area contributed by atoms with Crippen LogP contribution in [0.2, 0.25) is 0 Å². The number of ether oxygens (including phenoxy) is 1. The molecule has 1 aromatic heterocycles. The molecule has 1 heterocycles. The van der Waals surface area contributed by atoms with Gasteiger partial charge in [-0.25, -0.2) is 0 Å². The first-order valence-corrected chi connectivity index (χ1v) is 5.49. The Balaban J connectivity index is 2.64. The van der Waals surface area contributed by atoms with Gasteiger partial charge in [-0.05, 0) is 19.8 Å². The van der Waals surface area contributed by atoms with E-state index in [0.29, 0.717) is 5.92 Å². The maximum atomic E-state index is 5.76. The Hall–Kier alpha value is -1.25. The van der Waals surface area contributed by atoms with Gasteiger partial charge in [0, 0.05) is 12.6 Å².